The van der Waals surface area contributed by atoms with Crippen molar-refractivity contribution in [1.82, 2.24) is 10.2 Å². The second-order valence-corrected chi connectivity index (χ2v) is 5.79. The van der Waals surface area contributed by atoms with Gasteiger partial charge in [-0.05, 0) is 38.0 Å². The van der Waals surface area contributed by atoms with Crippen LogP contribution < -0.4 is 5.32 Å². The summed E-state index contributed by atoms with van der Waals surface area (Å²) in [6.07, 6.45) is 6.14. The lowest BCUT2D eigenvalue weighted by Gasteiger charge is -2.40. The minimum atomic E-state index is -0.282. The molecule has 0 radical (unpaired) electrons. The Bertz CT molecular complexity index is 322. The van der Waals surface area contributed by atoms with Crippen LogP contribution in [-0.2, 0) is 9.59 Å². The zero-order valence-corrected chi connectivity index (χ0v) is 11.4. The van der Waals surface area contributed by atoms with Gasteiger partial charge in [-0.1, -0.05) is 20.3 Å². The molecule has 2 aliphatic rings. The molecule has 18 heavy (non-hydrogen) atoms. The van der Waals surface area contributed by atoms with E-state index in [2.05, 4.69) is 12.2 Å². The molecular formula is C14H24N2O2. The maximum absolute atomic E-state index is 12.4. The molecule has 0 aromatic heterocycles. The standard InChI is InChI=1S/C14H24N2O2/c1-3-4-12-14(18)16(9-13(17)15-12)11-7-5-10(2)6-8-11/h10-12H,3-9H2,1-2H3,(H,15,17). The van der Waals surface area contributed by atoms with E-state index < -0.39 is 0 Å². The summed E-state index contributed by atoms with van der Waals surface area (Å²) in [5.41, 5.74) is 0. The number of carbonyl (C=O) groups is 2. The van der Waals surface area contributed by atoms with E-state index >= 15 is 0 Å². The highest BCUT2D eigenvalue weighted by Crippen LogP contribution is 2.28. The van der Waals surface area contributed by atoms with Crippen LogP contribution in [0.5, 0.6) is 0 Å². The third kappa shape index (κ3) is 2.85. The molecule has 2 fully saturated rings. The number of hydrogen-bond donors (Lipinski definition) is 1. The average molecular weight is 252 g/mol. The molecule has 0 spiro atoms. The second kappa shape index (κ2) is 5.72. The molecule has 0 bridgehead atoms. The largest absolute Gasteiger partial charge is 0.343 e. The van der Waals surface area contributed by atoms with E-state index in [1.807, 2.05) is 11.8 Å². The third-order valence-electron chi connectivity index (χ3n) is 4.23. The topological polar surface area (TPSA) is 49.4 Å². The highest BCUT2D eigenvalue weighted by molar-refractivity contribution is 5.95. The molecule has 1 aliphatic heterocycles. The fourth-order valence-electron chi connectivity index (χ4n) is 3.08. The molecule has 1 saturated carbocycles. The van der Waals surface area contributed by atoms with E-state index in [1.165, 1.54) is 12.8 Å². The van der Waals surface area contributed by atoms with Gasteiger partial charge in [0.05, 0.1) is 6.54 Å². The first-order chi connectivity index (χ1) is 8.61. The summed E-state index contributed by atoms with van der Waals surface area (Å²) in [6, 6.07) is 0.00899. The number of amides is 2. The lowest BCUT2D eigenvalue weighted by molar-refractivity contribution is -0.147. The van der Waals surface area contributed by atoms with Crippen molar-refractivity contribution in [2.24, 2.45) is 5.92 Å². The number of hydrogen-bond acceptors (Lipinski definition) is 2. The van der Waals surface area contributed by atoms with Gasteiger partial charge in [0.25, 0.3) is 0 Å². The van der Waals surface area contributed by atoms with E-state index in [0.717, 1.165) is 31.6 Å². The van der Waals surface area contributed by atoms with Crippen LogP contribution in [0.15, 0.2) is 0 Å². The van der Waals surface area contributed by atoms with E-state index in [-0.39, 0.29) is 24.4 Å². The normalized spacial score (nSPS) is 33.4. The molecule has 0 aromatic rings. The minimum absolute atomic E-state index is 0.00618. The zero-order valence-electron chi connectivity index (χ0n) is 11.4. The van der Waals surface area contributed by atoms with Crippen molar-refractivity contribution in [3.63, 3.8) is 0 Å². The van der Waals surface area contributed by atoms with Crippen LogP contribution in [0.3, 0.4) is 0 Å². The molecule has 1 unspecified atom stereocenters. The van der Waals surface area contributed by atoms with Crippen molar-refractivity contribution in [3.05, 3.63) is 0 Å². The van der Waals surface area contributed by atoms with Crippen LogP contribution in [0.1, 0.15) is 52.4 Å². The number of piperazine rings is 1. The molecule has 2 amide bonds. The van der Waals surface area contributed by atoms with Crippen LogP contribution >= 0.6 is 0 Å². The maximum Gasteiger partial charge on any atom is 0.245 e. The third-order valence-corrected chi connectivity index (χ3v) is 4.23. The van der Waals surface area contributed by atoms with Gasteiger partial charge in [0, 0.05) is 6.04 Å². The summed E-state index contributed by atoms with van der Waals surface area (Å²) < 4.78 is 0. The molecule has 2 rings (SSSR count). The molecule has 1 atom stereocenters. The predicted octanol–water partition coefficient (Wildman–Crippen LogP) is 1.69. The van der Waals surface area contributed by atoms with E-state index in [0.29, 0.717) is 6.04 Å². The Hall–Kier alpha value is -1.06. The van der Waals surface area contributed by atoms with Gasteiger partial charge in [0.2, 0.25) is 11.8 Å². The first-order valence-corrected chi connectivity index (χ1v) is 7.21. The molecule has 1 N–H and O–H groups in total. The number of nitrogens with zero attached hydrogens (tertiary/aromatic N) is 1. The smallest absolute Gasteiger partial charge is 0.245 e. The highest BCUT2D eigenvalue weighted by Gasteiger charge is 2.36. The Kier molecular flexibility index (Phi) is 4.25. The van der Waals surface area contributed by atoms with Gasteiger partial charge in [-0.3, -0.25) is 9.59 Å². The van der Waals surface area contributed by atoms with Gasteiger partial charge < -0.3 is 10.2 Å². The maximum atomic E-state index is 12.4. The van der Waals surface area contributed by atoms with Crippen molar-refractivity contribution in [2.75, 3.05) is 6.54 Å². The number of nitrogens with one attached hydrogen (secondary N) is 1. The van der Waals surface area contributed by atoms with Crippen molar-refractivity contribution >= 4 is 11.8 Å². The van der Waals surface area contributed by atoms with Crippen molar-refractivity contribution < 1.29 is 9.59 Å². The lowest BCUT2D eigenvalue weighted by Crippen LogP contribution is -2.60. The Morgan fingerprint density at radius 2 is 1.89 bits per heavy atom. The second-order valence-electron chi connectivity index (χ2n) is 5.79. The first kappa shape index (κ1) is 13.4. The summed E-state index contributed by atoms with van der Waals surface area (Å²) in [5.74, 6) is 0.907. The van der Waals surface area contributed by atoms with E-state index in [9.17, 15) is 9.59 Å². The molecule has 0 aromatic carbocycles. The van der Waals surface area contributed by atoms with Crippen molar-refractivity contribution in [1.29, 1.82) is 0 Å². The molecule has 1 aliphatic carbocycles. The minimum Gasteiger partial charge on any atom is -0.343 e. The monoisotopic (exact) mass is 252 g/mol. The van der Waals surface area contributed by atoms with E-state index in [1.54, 1.807) is 0 Å². The molecule has 4 nitrogen and oxygen atoms in total. The zero-order chi connectivity index (χ0) is 13.1. The van der Waals surface area contributed by atoms with Crippen LogP contribution in [0.4, 0.5) is 0 Å². The summed E-state index contributed by atoms with van der Waals surface area (Å²) in [7, 11) is 0. The SMILES string of the molecule is CCCC1NC(=O)CN(C2CCC(C)CC2)C1=O. The van der Waals surface area contributed by atoms with Gasteiger partial charge in [0.1, 0.15) is 6.04 Å². The number of carbonyl (C=O) groups excluding carboxylic acids is 2. The Labute approximate surface area is 109 Å². The fourth-order valence-corrected chi connectivity index (χ4v) is 3.08. The van der Waals surface area contributed by atoms with Crippen LogP contribution in [0.25, 0.3) is 0 Å². The summed E-state index contributed by atoms with van der Waals surface area (Å²) in [5, 5.41) is 2.81. The summed E-state index contributed by atoms with van der Waals surface area (Å²) in [6.45, 7) is 4.57. The van der Waals surface area contributed by atoms with Crippen molar-refractivity contribution in [3.8, 4) is 0 Å². The van der Waals surface area contributed by atoms with Crippen LogP contribution in [0.2, 0.25) is 0 Å². The molecule has 1 saturated heterocycles. The van der Waals surface area contributed by atoms with Gasteiger partial charge >= 0.3 is 0 Å². The molecule has 102 valence electrons. The Morgan fingerprint density at radius 1 is 1.22 bits per heavy atom. The van der Waals surface area contributed by atoms with Crippen LogP contribution in [0, 0.1) is 5.92 Å². The van der Waals surface area contributed by atoms with Gasteiger partial charge in [0.15, 0.2) is 0 Å². The fraction of sp³-hybridized carbons (Fsp3) is 0.857. The quantitative estimate of drug-likeness (QED) is 0.831. The Balaban J connectivity index is 2.01. The van der Waals surface area contributed by atoms with Gasteiger partial charge in [-0.25, -0.2) is 0 Å². The Morgan fingerprint density at radius 3 is 2.50 bits per heavy atom. The molecule has 4 heteroatoms. The molecular weight excluding hydrogens is 228 g/mol. The van der Waals surface area contributed by atoms with E-state index in [4.69, 9.17) is 0 Å². The molecule has 1 heterocycles. The highest BCUT2D eigenvalue weighted by atomic mass is 16.2. The van der Waals surface area contributed by atoms with Gasteiger partial charge in [-0.15, -0.1) is 0 Å². The first-order valence-electron chi connectivity index (χ1n) is 7.21. The lowest BCUT2D eigenvalue weighted by atomic mass is 9.86. The predicted molar refractivity (Wildman–Crippen MR) is 70.0 cm³/mol. The van der Waals surface area contributed by atoms with Gasteiger partial charge in [-0.2, -0.15) is 0 Å². The summed E-state index contributed by atoms with van der Waals surface area (Å²) >= 11 is 0. The number of rotatable bonds is 3. The van der Waals surface area contributed by atoms with Crippen LogP contribution in [-0.4, -0.2) is 35.3 Å². The summed E-state index contributed by atoms with van der Waals surface area (Å²) in [4.78, 5) is 25.9. The van der Waals surface area contributed by atoms with Crippen molar-refractivity contribution in [2.45, 2.75) is 64.5 Å². The average Bonchev–Trinajstić information content (AvgIpc) is 2.35.